The van der Waals surface area contributed by atoms with Crippen LogP contribution in [0.25, 0.3) is 0 Å². The van der Waals surface area contributed by atoms with Crippen LogP contribution in [0.4, 0.5) is 4.79 Å². The van der Waals surface area contributed by atoms with E-state index in [1.165, 1.54) is 11.8 Å². The van der Waals surface area contributed by atoms with E-state index in [0.29, 0.717) is 0 Å². The standard InChI is InChI=1S/C10H18N2O3S/c1-6(13)7(2)16-5-9(14)12-10(15)11-8-3-4-8/h6-8,13H,3-5H2,1-2H3,(H2,11,12,14,15). The second kappa shape index (κ2) is 6.10. The van der Waals surface area contributed by atoms with Gasteiger partial charge in [0.2, 0.25) is 5.91 Å². The molecule has 3 amide bonds. The molecule has 92 valence electrons. The van der Waals surface area contributed by atoms with Crippen LogP contribution in [0.15, 0.2) is 0 Å². The van der Waals surface area contributed by atoms with Crippen molar-refractivity contribution in [3.63, 3.8) is 0 Å². The first kappa shape index (κ1) is 13.3. The number of hydrogen-bond acceptors (Lipinski definition) is 4. The third kappa shape index (κ3) is 5.37. The summed E-state index contributed by atoms with van der Waals surface area (Å²) in [7, 11) is 0. The van der Waals surface area contributed by atoms with E-state index in [1.54, 1.807) is 6.92 Å². The minimum absolute atomic E-state index is 0.0164. The predicted octanol–water partition coefficient (Wildman–Crippen LogP) is 0.477. The molecular formula is C10H18N2O3S. The number of nitrogens with one attached hydrogen (secondary N) is 2. The van der Waals surface area contributed by atoms with E-state index < -0.39 is 12.1 Å². The topological polar surface area (TPSA) is 78.4 Å². The van der Waals surface area contributed by atoms with Gasteiger partial charge in [0.1, 0.15) is 0 Å². The van der Waals surface area contributed by atoms with Crippen molar-refractivity contribution in [3.05, 3.63) is 0 Å². The van der Waals surface area contributed by atoms with Gasteiger partial charge in [-0.15, -0.1) is 11.8 Å². The number of rotatable bonds is 5. The molecule has 0 radical (unpaired) electrons. The fraction of sp³-hybridized carbons (Fsp3) is 0.800. The first-order chi connectivity index (χ1) is 7.49. The maximum absolute atomic E-state index is 11.3. The third-order valence-corrected chi connectivity index (χ3v) is 3.67. The van der Waals surface area contributed by atoms with Gasteiger partial charge in [-0.25, -0.2) is 4.79 Å². The van der Waals surface area contributed by atoms with Gasteiger partial charge in [0.05, 0.1) is 11.9 Å². The summed E-state index contributed by atoms with van der Waals surface area (Å²) in [4.78, 5) is 22.5. The third-order valence-electron chi connectivity index (χ3n) is 2.32. The SMILES string of the molecule is CC(O)C(C)SCC(=O)NC(=O)NC1CC1. The number of urea groups is 1. The predicted molar refractivity (Wildman–Crippen MR) is 63.3 cm³/mol. The molecule has 16 heavy (non-hydrogen) atoms. The van der Waals surface area contributed by atoms with Gasteiger partial charge in [0.25, 0.3) is 0 Å². The summed E-state index contributed by atoms with van der Waals surface area (Å²) in [5.74, 6) is -0.139. The Morgan fingerprint density at radius 2 is 2.06 bits per heavy atom. The summed E-state index contributed by atoms with van der Waals surface area (Å²) in [5.41, 5.74) is 0. The van der Waals surface area contributed by atoms with Gasteiger partial charge < -0.3 is 10.4 Å². The van der Waals surface area contributed by atoms with Crippen LogP contribution in [0, 0.1) is 0 Å². The van der Waals surface area contributed by atoms with E-state index in [9.17, 15) is 14.7 Å². The Balaban J connectivity index is 2.11. The molecular weight excluding hydrogens is 228 g/mol. The molecule has 6 heteroatoms. The number of carbonyl (C=O) groups is 2. The van der Waals surface area contributed by atoms with E-state index in [1.807, 2.05) is 6.92 Å². The molecule has 0 aromatic heterocycles. The zero-order chi connectivity index (χ0) is 12.1. The Kier molecular flexibility index (Phi) is 5.08. The minimum Gasteiger partial charge on any atom is -0.392 e. The molecule has 0 aliphatic heterocycles. The molecule has 2 atom stereocenters. The lowest BCUT2D eigenvalue weighted by atomic mass is 10.3. The molecule has 1 rings (SSSR count). The van der Waals surface area contributed by atoms with Crippen molar-refractivity contribution < 1.29 is 14.7 Å². The van der Waals surface area contributed by atoms with Crippen LogP contribution < -0.4 is 10.6 Å². The van der Waals surface area contributed by atoms with Crippen molar-refractivity contribution in [3.8, 4) is 0 Å². The highest BCUT2D eigenvalue weighted by molar-refractivity contribution is 8.00. The van der Waals surface area contributed by atoms with Crippen LogP contribution >= 0.6 is 11.8 Å². The first-order valence-corrected chi connectivity index (χ1v) is 6.44. The summed E-state index contributed by atoms with van der Waals surface area (Å²) in [6, 6.07) is -0.172. The Hall–Kier alpha value is -0.750. The second-order valence-electron chi connectivity index (χ2n) is 4.05. The van der Waals surface area contributed by atoms with Crippen molar-refractivity contribution in [2.75, 3.05) is 5.75 Å². The number of carbonyl (C=O) groups excluding carboxylic acids is 2. The number of hydrogen-bond donors (Lipinski definition) is 3. The van der Waals surface area contributed by atoms with Crippen molar-refractivity contribution in [1.82, 2.24) is 10.6 Å². The van der Waals surface area contributed by atoms with Gasteiger partial charge in [-0.2, -0.15) is 0 Å². The first-order valence-electron chi connectivity index (χ1n) is 5.39. The summed E-state index contributed by atoms with van der Waals surface area (Å²) < 4.78 is 0. The zero-order valence-corrected chi connectivity index (χ0v) is 10.3. The summed E-state index contributed by atoms with van der Waals surface area (Å²) in [6.07, 6.45) is 1.53. The Morgan fingerprint density at radius 3 is 2.56 bits per heavy atom. The van der Waals surface area contributed by atoms with Gasteiger partial charge in [-0.05, 0) is 19.8 Å². The van der Waals surface area contributed by atoms with Crippen LogP contribution in [-0.2, 0) is 4.79 Å². The van der Waals surface area contributed by atoms with Gasteiger partial charge in [-0.3, -0.25) is 10.1 Å². The summed E-state index contributed by atoms with van der Waals surface area (Å²) in [6.45, 7) is 3.52. The smallest absolute Gasteiger partial charge is 0.321 e. The molecule has 1 aliphatic carbocycles. The molecule has 5 nitrogen and oxygen atoms in total. The number of amides is 3. The minimum atomic E-state index is -0.460. The largest absolute Gasteiger partial charge is 0.392 e. The molecule has 0 spiro atoms. The average molecular weight is 246 g/mol. The number of imide groups is 1. The number of aliphatic hydroxyl groups is 1. The monoisotopic (exact) mass is 246 g/mol. The lowest BCUT2D eigenvalue weighted by Gasteiger charge is -2.13. The summed E-state index contributed by atoms with van der Waals surface area (Å²) >= 11 is 1.33. The molecule has 0 heterocycles. The normalized spacial score (nSPS) is 18.7. The highest BCUT2D eigenvalue weighted by Gasteiger charge is 2.24. The van der Waals surface area contributed by atoms with Crippen molar-refractivity contribution in [1.29, 1.82) is 0 Å². The van der Waals surface area contributed by atoms with Gasteiger partial charge >= 0.3 is 6.03 Å². The molecule has 1 fully saturated rings. The lowest BCUT2D eigenvalue weighted by molar-refractivity contribution is -0.117. The maximum atomic E-state index is 11.3. The Morgan fingerprint density at radius 1 is 1.44 bits per heavy atom. The average Bonchev–Trinajstić information content (AvgIpc) is 2.97. The molecule has 1 saturated carbocycles. The quantitative estimate of drug-likeness (QED) is 0.659. The highest BCUT2D eigenvalue weighted by atomic mass is 32.2. The molecule has 0 aromatic rings. The molecule has 3 N–H and O–H groups in total. The van der Waals surface area contributed by atoms with Crippen LogP contribution in [0.5, 0.6) is 0 Å². The Bertz CT molecular complexity index is 267. The molecule has 0 bridgehead atoms. The molecule has 0 aromatic carbocycles. The van der Waals surface area contributed by atoms with Crippen LogP contribution in [-0.4, -0.2) is 40.2 Å². The van der Waals surface area contributed by atoms with Gasteiger partial charge in [0, 0.05) is 11.3 Å². The lowest BCUT2D eigenvalue weighted by Crippen LogP contribution is -2.41. The highest BCUT2D eigenvalue weighted by Crippen LogP contribution is 2.18. The van der Waals surface area contributed by atoms with E-state index in [0.717, 1.165) is 12.8 Å². The fourth-order valence-electron chi connectivity index (χ4n) is 0.958. The molecule has 0 saturated heterocycles. The number of aliphatic hydroxyl groups excluding tert-OH is 1. The van der Waals surface area contributed by atoms with Crippen molar-refractivity contribution in [2.24, 2.45) is 0 Å². The maximum Gasteiger partial charge on any atom is 0.321 e. The van der Waals surface area contributed by atoms with Gasteiger partial charge in [0.15, 0.2) is 0 Å². The van der Waals surface area contributed by atoms with Crippen molar-refractivity contribution >= 4 is 23.7 Å². The van der Waals surface area contributed by atoms with E-state index in [4.69, 9.17) is 0 Å². The van der Waals surface area contributed by atoms with E-state index >= 15 is 0 Å². The van der Waals surface area contributed by atoms with Crippen LogP contribution in [0.1, 0.15) is 26.7 Å². The summed E-state index contributed by atoms with van der Waals surface area (Å²) in [5, 5.41) is 14.1. The van der Waals surface area contributed by atoms with Crippen LogP contribution in [0.2, 0.25) is 0 Å². The zero-order valence-electron chi connectivity index (χ0n) is 9.53. The Labute approximate surface area is 99.4 Å². The van der Waals surface area contributed by atoms with E-state index in [-0.39, 0.29) is 23.0 Å². The molecule has 1 aliphatic rings. The van der Waals surface area contributed by atoms with Crippen LogP contribution in [0.3, 0.4) is 0 Å². The van der Waals surface area contributed by atoms with E-state index in [2.05, 4.69) is 10.6 Å². The fourth-order valence-corrected chi connectivity index (χ4v) is 1.72. The van der Waals surface area contributed by atoms with Crippen molar-refractivity contribution in [2.45, 2.75) is 44.1 Å². The second-order valence-corrected chi connectivity index (χ2v) is 5.42. The molecule has 2 unspecified atom stereocenters. The van der Waals surface area contributed by atoms with Gasteiger partial charge in [-0.1, -0.05) is 6.92 Å². The number of thioether (sulfide) groups is 1.